The first kappa shape index (κ1) is 15.9. The molecule has 0 fully saturated rings. The van der Waals surface area contributed by atoms with Crippen molar-refractivity contribution in [3.8, 4) is 0 Å². The summed E-state index contributed by atoms with van der Waals surface area (Å²) in [5.41, 5.74) is 0.903. The molecule has 0 spiro atoms. The maximum Gasteiger partial charge on any atom is 0.240 e. The fourth-order valence-electron chi connectivity index (χ4n) is 1.80. The van der Waals surface area contributed by atoms with Gasteiger partial charge in [-0.3, -0.25) is 0 Å². The minimum atomic E-state index is -3.44. The summed E-state index contributed by atoms with van der Waals surface area (Å²) in [4.78, 5) is 2.23. The molecule has 0 amide bonds. The number of benzene rings is 1. The molecule has 0 radical (unpaired) electrons. The summed E-state index contributed by atoms with van der Waals surface area (Å²) in [7, 11) is -3.44. The average molecular weight is 286 g/mol. The maximum absolute atomic E-state index is 12.0. The predicted octanol–water partition coefficient (Wildman–Crippen LogP) is 1.19. The monoisotopic (exact) mass is 286 g/mol. The molecule has 0 aromatic heterocycles. The lowest BCUT2D eigenvalue weighted by molar-refractivity contribution is 0.302. The van der Waals surface area contributed by atoms with E-state index in [9.17, 15) is 8.42 Å². The van der Waals surface area contributed by atoms with E-state index in [4.69, 9.17) is 5.11 Å². The first-order valence-electron chi connectivity index (χ1n) is 6.39. The van der Waals surface area contributed by atoms with Crippen LogP contribution in [0.2, 0.25) is 0 Å². The fourth-order valence-corrected chi connectivity index (χ4v) is 3.06. The summed E-state index contributed by atoms with van der Waals surface area (Å²) in [6.45, 7) is 6.92. The molecule has 0 unspecified atom stereocenters. The van der Waals surface area contributed by atoms with E-state index in [-0.39, 0.29) is 17.5 Å². The number of likely N-dealkylation sites (N-methyl/N-ethyl adjacent to an activating group) is 1. The van der Waals surface area contributed by atoms with Gasteiger partial charge in [-0.05, 0) is 45.0 Å². The normalized spacial score (nSPS) is 11.8. The number of hydrogen-bond donors (Lipinski definition) is 2. The van der Waals surface area contributed by atoms with Gasteiger partial charge in [0.25, 0.3) is 0 Å². The van der Waals surface area contributed by atoms with E-state index in [1.165, 1.54) is 0 Å². The molecule has 0 atom stereocenters. The molecule has 2 N–H and O–H groups in total. The van der Waals surface area contributed by atoms with Gasteiger partial charge in [0.2, 0.25) is 10.0 Å². The van der Waals surface area contributed by atoms with Crippen molar-refractivity contribution in [1.29, 1.82) is 0 Å². The Balaban J connectivity index is 2.92. The predicted molar refractivity (Wildman–Crippen MR) is 76.9 cm³/mol. The molecular formula is C13H22N2O3S. The number of sulfonamides is 1. The smallest absolute Gasteiger partial charge is 0.240 e. The van der Waals surface area contributed by atoms with Crippen LogP contribution >= 0.6 is 0 Å². The van der Waals surface area contributed by atoms with Crippen LogP contribution in [0.15, 0.2) is 29.2 Å². The molecule has 0 heterocycles. The van der Waals surface area contributed by atoms with Gasteiger partial charge in [-0.1, -0.05) is 0 Å². The van der Waals surface area contributed by atoms with Gasteiger partial charge in [-0.25, -0.2) is 13.1 Å². The van der Waals surface area contributed by atoms with Gasteiger partial charge in [-0.15, -0.1) is 0 Å². The van der Waals surface area contributed by atoms with Crippen LogP contribution in [0.5, 0.6) is 0 Å². The lowest BCUT2D eigenvalue weighted by Gasteiger charge is -2.22. The Bertz CT molecular complexity index is 483. The zero-order valence-corrected chi connectivity index (χ0v) is 12.4. The first-order chi connectivity index (χ1) is 8.90. The average Bonchev–Trinajstić information content (AvgIpc) is 2.34. The second kappa shape index (κ2) is 6.88. The number of aliphatic hydroxyl groups excluding tert-OH is 1. The molecule has 19 heavy (non-hydrogen) atoms. The third kappa shape index (κ3) is 4.49. The van der Waals surface area contributed by atoms with Crippen molar-refractivity contribution < 1.29 is 13.5 Å². The third-order valence-electron chi connectivity index (χ3n) is 2.65. The lowest BCUT2D eigenvalue weighted by Crippen LogP contribution is -2.30. The highest BCUT2D eigenvalue weighted by Gasteiger charge is 2.15. The maximum atomic E-state index is 12.0. The molecular weight excluding hydrogens is 264 g/mol. The van der Waals surface area contributed by atoms with Gasteiger partial charge in [0.05, 0.1) is 11.5 Å². The first-order valence-corrected chi connectivity index (χ1v) is 7.87. The minimum absolute atomic E-state index is 0.0722. The van der Waals surface area contributed by atoms with Gasteiger partial charge < -0.3 is 10.0 Å². The molecule has 5 nitrogen and oxygen atoms in total. The van der Waals surface area contributed by atoms with Crippen molar-refractivity contribution in [3.63, 3.8) is 0 Å². The zero-order valence-electron chi connectivity index (χ0n) is 11.6. The van der Waals surface area contributed by atoms with Gasteiger partial charge >= 0.3 is 0 Å². The van der Waals surface area contributed by atoms with E-state index in [2.05, 4.69) is 4.72 Å². The molecule has 108 valence electrons. The van der Waals surface area contributed by atoms with Crippen molar-refractivity contribution in [1.82, 2.24) is 4.72 Å². The Morgan fingerprint density at radius 1 is 1.26 bits per heavy atom. The van der Waals surface area contributed by atoms with Crippen molar-refractivity contribution in [2.75, 3.05) is 24.6 Å². The summed E-state index contributed by atoms with van der Waals surface area (Å²) in [5, 5.41) is 8.96. The van der Waals surface area contributed by atoms with E-state index in [0.717, 1.165) is 12.2 Å². The Kier molecular flexibility index (Phi) is 5.78. The number of aliphatic hydroxyl groups is 1. The third-order valence-corrected chi connectivity index (χ3v) is 4.33. The van der Waals surface area contributed by atoms with E-state index in [0.29, 0.717) is 6.54 Å². The van der Waals surface area contributed by atoms with Gasteiger partial charge in [0.1, 0.15) is 0 Å². The fraction of sp³-hybridized carbons (Fsp3) is 0.538. The van der Waals surface area contributed by atoms with Crippen LogP contribution in [0.4, 0.5) is 5.69 Å². The number of hydrogen-bond acceptors (Lipinski definition) is 4. The Morgan fingerprint density at radius 2 is 1.84 bits per heavy atom. The second-order valence-corrected chi connectivity index (χ2v) is 6.29. The van der Waals surface area contributed by atoms with Crippen molar-refractivity contribution in [2.24, 2.45) is 0 Å². The summed E-state index contributed by atoms with van der Waals surface area (Å²) in [5.74, 6) is 0. The van der Waals surface area contributed by atoms with E-state index >= 15 is 0 Å². The molecule has 0 aliphatic rings. The Labute approximate surface area is 115 Å². The molecule has 0 saturated heterocycles. The molecule has 6 heteroatoms. The minimum Gasteiger partial charge on any atom is -0.395 e. The van der Waals surface area contributed by atoms with Crippen LogP contribution in [-0.4, -0.2) is 39.3 Å². The van der Waals surface area contributed by atoms with Crippen molar-refractivity contribution in [3.05, 3.63) is 24.3 Å². The lowest BCUT2D eigenvalue weighted by atomic mass is 10.3. The molecule has 0 bridgehead atoms. The van der Waals surface area contributed by atoms with Crippen molar-refractivity contribution in [2.45, 2.75) is 31.7 Å². The van der Waals surface area contributed by atoms with Gasteiger partial charge in [0.15, 0.2) is 0 Å². The molecule has 1 aromatic carbocycles. The van der Waals surface area contributed by atoms with Crippen molar-refractivity contribution >= 4 is 15.7 Å². The standard InChI is InChI=1S/C13H22N2O3S/c1-4-15(9-10-16)12-5-7-13(8-6-12)19(17,18)14-11(2)3/h5-8,11,14,16H,4,9-10H2,1-3H3. The highest BCUT2D eigenvalue weighted by atomic mass is 32.2. The molecule has 1 rings (SSSR count). The number of anilines is 1. The Hall–Kier alpha value is -1.11. The van der Waals surface area contributed by atoms with Gasteiger partial charge in [0, 0.05) is 24.8 Å². The summed E-state index contributed by atoms with van der Waals surface area (Å²) < 4.78 is 26.5. The second-order valence-electron chi connectivity index (χ2n) is 4.57. The van der Waals surface area contributed by atoms with Crippen LogP contribution in [0.3, 0.4) is 0 Å². The van der Waals surface area contributed by atoms with Crippen LogP contribution in [0, 0.1) is 0 Å². The topological polar surface area (TPSA) is 69.6 Å². The molecule has 1 aromatic rings. The van der Waals surface area contributed by atoms with Crippen LogP contribution in [-0.2, 0) is 10.0 Å². The van der Waals surface area contributed by atoms with Crippen LogP contribution < -0.4 is 9.62 Å². The summed E-state index contributed by atoms with van der Waals surface area (Å²) >= 11 is 0. The highest BCUT2D eigenvalue weighted by Crippen LogP contribution is 2.17. The quantitative estimate of drug-likeness (QED) is 0.790. The Morgan fingerprint density at radius 3 is 2.26 bits per heavy atom. The van der Waals surface area contributed by atoms with E-state index < -0.39 is 10.0 Å². The zero-order chi connectivity index (χ0) is 14.5. The number of nitrogens with zero attached hydrogens (tertiary/aromatic N) is 1. The van der Waals surface area contributed by atoms with Crippen LogP contribution in [0.25, 0.3) is 0 Å². The van der Waals surface area contributed by atoms with Gasteiger partial charge in [-0.2, -0.15) is 0 Å². The summed E-state index contributed by atoms with van der Waals surface area (Å²) in [6.07, 6.45) is 0. The van der Waals surface area contributed by atoms with Crippen LogP contribution in [0.1, 0.15) is 20.8 Å². The number of rotatable bonds is 7. The van der Waals surface area contributed by atoms with E-state index in [1.807, 2.05) is 11.8 Å². The SMILES string of the molecule is CCN(CCO)c1ccc(S(=O)(=O)NC(C)C)cc1. The molecule has 0 aliphatic heterocycles. The summed E-state index contributed by atoms with van der Waals surface area (Å²) in [6, 6.07) is 6.55. The van der Waals surface area contributed by atoms with E-state index in [1.54, 1.807) is 38.1 Å². The molecule has 0 saturated carbocycles. The molecule has 0 aliphatic carbocycles. The highest BCUT2D eigenvalue weighted by molar-refractivity contribution is 7.89. The number of nitrogens with one attached hydrogen (secondary N) is 1. The largest absolute Gasteiger partial charge is 0.395 e.